The second kappa shape index (κ2) is 12.5. The molecule has 0 aliphatic rings. The molecule has 2 aromatic heterocycles. The van der Waals surface area contributed by atoms with Crippen LogP contribution in [-0.4, -0.2) is 40.4 Å². The van der Waals surface area contributed by atoms with Crippen LogP contribution < -0.4 is 20.7 Å². The van der Waals surface area contributed by atoms with Gasteiger partial charge in [-0.3, -0.25) is 10.1 Å². The maximum Gasteiger partial charge on any atom is 0.418 e. The Hall–Kier alpha value is -4.91. The summed E-state index contributed by atoms with van der Waals surface area (Å²) in [6.45, 7) is 7.62. The number of hydrogen-bond donors (Lipinski definition) is 3. The summed E-state index contributed by atoms with van der Waals surface area (Å²) in [5, 5.41) is 12.0. The third-order valence-electron chi connectivity index (χ3n) is 6.05. The minimum absolute atomic E-state index is 0.130. The van der Waals surface area contributed by atoms with Gasteiger partial charge >= 0.3 is 12.2 Å². The molecule has 0 fully saturated rings. The fourth-order valence-corrected chi connectivity index (χ4v) is 3.91. The van der Waals surface area contributed by atoms with Gasteiger partial charge in [0.1, 0.15) is 29.7 Å². The number of alkyl halides is 3. The molecule has 4 aromatic rings. The fourth-order valence-electron chi connectivity index (χ4n) is 3.91. The molecule has 0 bridgehead atoms. The highest BCUT2D eigenvalue weighted by Gasteiger charge is 2.35. The number of aryl methyl sites for hydroxylation is 1. The quantitative estimate of drug-likeness (QED) is 0.203. The molecule has 4 rings (SSSR count). The number of benzene rings is 2. The SMILES string of the molecule is COCC(=O)Nc1cc(Oc2ccc(NC(=O)Nc3cc(C(C)(C)C)nn3-c3ccc(C)cc3)c(C(F)(F)F)c2)ccn1. The Morgan fingerprint density at radius 3 is 2.26 bits per heavy atom. The fraction of sp³-hybridized carbons (Fsp3) is 0.267. The van der Waals surface area contributed by atoms with E-state index in [1.807, 2.05) is 52.0 Å². The summed E-state index contributed by atoms with van der Waals surface area (Å²) in [6, 6.07) is 14.2. The van der Waals surface area contributed by atoms with Crippen LogP contribution in [0.25, 0.3) is 5.69 Å². The molecule has 0 unspecified atom stereocenters. The highest BCUT2D eigenvalue weighted by Crippen LogP contribution is 2.38. The normalized spacial score (nSPS) is 11.6. The van der Waals surface area contributed by atoms with E-state index in [2.05, 4.69) is 26.0 Å². The van der Waals surface area contributed by atoms with Gasteiger partial charge in [-0.15, -0.1) is 0 Å². The Bertz CT molecular complexity index is 1610. The Kier molecular flexibility index (Phi) is 9.04. The first-order valence-electron chi connectivity index (χ1n) is 13.1. The number of pyridine rings is 1. The van der Waals surface area contributed by atoms with Crippen molar-refractivity contribution in [3.05, 3.63) is 83.7 Å². The summed E-state index contributed by atoms with van der Waals surface area (Å²) in [7, 11) is 1.36. The molecule has 3 N–H and O–H groups in total. The van der Waals surface area contributed by atoms with Crippen molar-refractivity contribution in [2.75, 3.05) is 29.7 Å². The molecule has 0 spiro atoms. The molecule has 2 aromatic carbocycles. The molecule has 0 saturated carbocycles. The number of hydrogen-bond acceptors (Lipinski definition) is 6. The lowest BCUT2D eigenvalue weighted by Crippen LogP contribution is -2.23. The topological polar surface area (TPSA) is 119 Å². The second-order valence-electron chi connectivity index (χ2n) is 10.7. The number of rotatable bonds is 8. The van der Waals surface area contributed by atoms with E-state index >= 15 is 0 Å². The van der Waals surface area contributed by atoms with Crippen molar-refractivity contribution in [3.8, 4) is 17.2 Å². The summed E-state index contributed by atoms with van der Waals surface area (Å²) in [6.07, 6.45) is -3.49. The summed E-state index contributed by atoms with van der Waals surface area (Å²) in [5.74, 6) is -0.0630. The van der Waals surface area contributed by atoms with E-state index in [0.29, 0.717) is 11.4 Å². The van der Waals surface area contributed by atoms with Crippen molar-refractivity contribution in [2.24, 2.45) is 0 Å². The minimum atomic E-state index is -4.82. The van der Waals surface area contributed by atoms with Crippen molar-refractivity contribution in [2.45, 2.75) is 39.3 Å². The van der Waals surface area contributed by atoms with Crippen molar-refractivity contribution >= 4 is 29.3 Å². The van der Waals surface area contributed by atoms with Crippen LogP contribution in [0, 0.1) is 6.92 Å². The molecule has 226 valence electrons. The zero-order valence-electron chi connectivity index (χ0n) is 24.2. The number of carbonyl (C=O) groups is 2. The average molecular weight is 597 g/mol. The van der Waals surface area contributed by atoms with Gasteiger partial charge in [-0.05, 0) is 43.3 Å². The Morgan fingerprint density at radius 1 is 0.907 bits per heavy atom. The van der Waals surface area contributed by atoms with E-state index in [1.54, 1.807) is 6.07 Å². The minimum Gasteiger partial charge on any atom is -0.457 e. The van der Waals surface area contributed by atoms with Gasteiger partial charge in [-0.1, -0.05) is 38.5 Å². The number of nitrogens with zero attached hydrogens (tertiary/aromatic N) is 3. The highest BCUT2D eigenvalue weighted by molar-refractivity contribution is 6.00. The Balaban J connectivity index is 1.56. The lowest BCUT2D eigenvalue weighted by Gasteiger charge is -2.16. The van der Waals surface area contributed by atoms with Gasteiger partial charge in [-0.25, -0.2) is 14.5 Å². The standard InChI is InChI=1S/C30H31F3N6O4/c1-18-6-8-19(9-7-18)39-26(16-24(38-39)29(2,3)4)37-28(41)35-23-11-10-20(14-22(23)30(31,32)33)43-21-12-13-34-25(15-21)36-27(40)17-42-5/h6-16H,17H2,1-5H3,(H,34,36,40)(H2,35,37,41). The lowest BCUT2D eigenvalue weighted by molar-refractivity contribution is -0.137. The molecular formula is C30H31F3N6O4. The van der Waals surface area contributed by atoms with Gasteiger partial charge in [0, 0.05) is 30.9 Å². The van der Waals surface area contributed by atoms with E-state index in [9.17, 15) is 22.8 Å². The average Bonchev–Trinajstić information content (AvgIpc) is 3.34. The van der Waals surface area contributed by atoms with Crippen LogP contribution >= 0.6 is 0 Å². The zero-order chi connectivity index (χ0) is 31.4. The number of urea groups is 1. The second-order valence-corrected chi connectivity index (χ2v) is 10.7. The van der Waals surface area contributed by atoms with Gasteiger partial charge in [0.15, 0.2) is 0 Å². The van der Waals surface area contributed by atoms with Crippen LogP contribution in [0.3, 0.4) is 0 Å². The Labute approximate surface area is 246 Å². The van der Waals surface area contributed by atoms with E-state index in [1.165, 1.54) is 36.2 Å². The largest absolute Gasteiger partial charge is 0.457 e. The molecular weight excluding hydrogens is 565 g/mol. The van der Waals surface area contributed by atoms with Crippen molar-refractivity contribution in [1.82, 2.24) is 14.8 Å². The number of aromatic nitrogens is 3. The summed E-state index contributed by atoms with van der Waals surface area (Å²) in [5.41, 5.74) is 0.435. The molecule has 10 nitrogen and oxygen atoms in total. The number of anilines is 3. The summed E-state index contributed by atoms with van der Waals surface area (Å²) < 4.78 is 54.1. The number of nitrogens with one attached hydrogen (secondary N) is 3. The van der Waals surface area contributed by atoms with E-state index in [4.69, 9.17) is 9.47 Å². The smallest absolute Gasteiger partial charge is 0.418 e. The van der Waals surface area contributed by atoms with Gasteiger partial charge in [0.05, 0.1) is 22.6 Å². The maximum atomic E-state index is 14.1. The number of ether oxygens (including phenoxy) is 2. The molecule has 43 heavy (non-hydrogen) atoms. The highest BCUT2D eigenvalue weighted by atomic mass is 19.4. The summed E-state index contributed by atoms with van der Waals surface area (Å²) >= 11 is 0. The van der Waals surface area contributed by atoms with Crippen LogP contribution in [0.5, 0.6) is 11.5 Å². The number of halogens is 3. The Morgan fingerprint density at radius 2 is 1.60 bits per heavy atom. The van der Waals surface area contributed by atoms with Crippen LogP contribution in [0.4, 0.5) is 35.3 Å². The van der Waals surface area contributed by atoms with Crippen molar-refractivity contribution in [1.29, 1.82) is 0 Å². The molecule has 0 radical (unpaired) electrons. The molecule has 13 heteroatoms. The molecule has 3 amide bonds. The first kappa shape index (κ1) is 31.0. The van der Waals surface area contributed by atoms with Gasteiger partial charge < -0.3 is 20.1 Å². The third-order valence-corrected chi connectivity index (χ3v) is 6.05. The van der Waals surface area contributed by atoms with Crippen molar-refractivity contribution in [3.63, 3.8) is 0 Å². The van der Waals surface area contributed by atoms with Crippen LogP contribution in [-0.2, 0) is 21.1 Å². The molecule has 0 aliphatic carbocycles. The molecule has 2 heterocycles. The van der Waals surface area contributed by atoms with Crippen LogP contribution in [0.15, 0.2) is 66.9 Å². The van der Waals surface area contributed by atoms with Gasteiger partial charge in [0.25, 0.3) is 5.91 Å². The van der Waals surface area contributed by atoms with Gasteiger partial charge in [0.2, 0.25) is 0 Å². The number of carbonyl (C=O) groups excluding carboxylic acids is 2. The van der Waals surface area contributed by atoms with Gasteiger partial charge in [-0.2, -0.15) is 18.3 Å². The predicted molar refractivity (Wildman–Crippen MR) is 156 cm³/mol. The lowest BCUT2D eigenvalue weighted by atomic mass is 9.92. The van der Waals surface area contributed by atoms with E-state index in [0.717, 1.165) is 17.7 Å². The molecule has 0 saturated heterocycles. The van der Waals surface area contributed by atoms with Crippen LogP contribution in [0.2, 0.25) is 0 Å². The number of amides is 3. The predicted octanol–water partition coefficient (Wildman–Crippen LogP) is 6.91. The third kappa shape index (κ3) is 8.10. The van der Waals surface area contributed by atoms with Crippen LogP contribution in [0.1, 0.15) is 37.6 Å². The molecule has 0 aliphatic heterocycles. The first-order chi connectivity index (χ1) is 20.2. The first-order valence-corrected chi connectivity index (χ1v) is 13.1. The zero-order valence-corrected chi connectivity index (χ0v) is 24.2. The van der Waals surface area contributed by atoms with Crippen molar-refractivity contribution < 1.29 is 32.2 Å². The molecule has 0 atom stereocenters. The monoisotopic (exact) mass is 596 g/mol. The van der Waals surface area contributed by atoms with E-state index in [-0.39, 0.29) is 35.2 Å². The summed E-state index contributed by atoms with van der Waals surface area (Å²) in [4.78, 5) is 28.7. The van der Waals surface area contributed by atoms with E-state index < -0.39 is 29.4 Å². The maximum absolute atomic E-state index is 14.1. The number of methoxy groups -OCH3 is 1.